The molecule has 0 saturated heterocycles. The Morgan fingerprint density at radius 2 is 1.32 bits per heavy atom. The maximum atomic E-state index is 11.0. The first-order valence-corrected chi connectivity index (χ1v) is 9.19. The van der Waals surface area contributed by atoms with E-state index >= 15 is 0 Å². The van der Waals surface area contributed by atoms with Crippen molar-refractivity contribution >= 4 is 17.2 Å². The summed E-state index contributed by atoms with van der Waals surface area (Å²) in [6, 6.07) is 23.7. The predicted octanol–water partition coefficient (Wildman–Crippen LogP) is 5.38. The fourth-order valence-corrected chi connectivity index (χ4v) is 3.50. The zero-order valence-corrected chi connectivity index (χ0v) is 15.9. The Morgan fingerprint density at radius 3 is 1.93 bits per heavy atom. The van der Waals surface area contributed by atoms with Crippen LogP contribution in [-0.4, -0.2) is 19.3 Å². The standard InChI is InChI=1S/C25H22O3/c1-27-20-11-7-17(8-12-20)15-19-16-24(23-6-4-3-5-22(19)23)25(26)18-9-13-21(28-2)14-10-18/h3-16,25-26H,1-2H3/b19-15+/t25-/m1/s1. The molecule has 1 atom stereocenters. The molecule has 3 nitrogen and oxygen atoms in total. The molecule has 0 aliphatic heterocycles. The highest BCUT2D eigenvalue weighted by Crippen LogP contribution is 2.42. The number of methoxy groups -OCH3 is 2. The summed E-state index contributed by atoms with van der Waals surface area (Å²) in [5.74, 6) is 1.61. The fraction of sp³-hybridized carbons (Fsp3) is 0.120. The first kappa shape index (κ1) is 18.1. The average molecular weight is 370 g/mol. The monoisotopic (exact) mass is 370 g/mol. The largest absolute Gasteiger partial charge is 0.497 e. The number of aliphatic hydroxyl groups excluding tert-OH is 1. The quantitative estimate of drug-likeness (QED) is 0.656. The third-order valence-electron chi connectivity index (χ3n) is 5.02. The number of hydrogen-bond donors (Lipinski definition) is 1. The van der Waals surface area contributed by atoms with Crippen LogP contribution < -0.4 is 9.47 Å². The Labute approximate surface area is 165 Å². The molecule has 140 valence electrons. The van der Waals surface area contributed by atoms with E-state index in [9.17, 15) is 5.11 Å². The summed E-state index contributed by atoms with van der Waals surface area (Å²) in [5.41, 5.74) is 6.10. The van der Waals surface area contributed by atoms with E-state index in [-0.39, 0.29) is 0 Å². The zero-order chi connectivity index (χ0) is 19.5. The van der Waals surface area contributed by atoms with Crippen molar-refractivity contribution in [3.63, 3.8) is 0 Å². The van der Waals surface area contributed by atoms with Crippen molar-refractivity contribution in [2.45, 2.75) is 6.10 Å². The summed E-state index contributed by atoms with van der Waals surface area (Å²) in [7, 11) is 3.30. The molecule has 0 heterocycles. The van der Waals surface area contributed by atoms with Crippen LogP contribution in [0.25, 0.3) is 17.2 Å². The SMILES string of the molecule is COc1ccc(/C=C2\C=C([C@H](O)c3ccc(OC)cc3)c3ccccc32)cc1. The van der Waals surface area contributed by atoms with E-state index in [0.29, 0.717) is 0 Å². The fourth-order valence-electron chi connectivity index (χ4n) is 3.50. The second-order valence-corrected chi connectivity index (χ2v) is 6.69. The van der Waals surface area contributed by atoms with E-state index in [1.165, 1.54) is 0 Å². The molecule has 3 heteroatoms. The Morgan fingerprint density at radius 1 is 0.750 bits per heavy atom. The molecule has 0 aromatic heterocycles. The minimum atomic E-state index is -0.700. The summed E-state index contributed by atoms with van der Waals surface area (Å²) in [4.78, 5) is 0. The lowest BCUT2D eigenvalue weighted by molar-refractivity contribution is 0.238. The van der Waals surface area contributed by atoms with Crippen molar-refractivity contribution in [1.29, 1.82) is 0 Å². The lowest BCUT2D eigenvalue weighted by Gasteiger charge is -2.14. The molecule has 0 fully saturated rings. The number of ether oxygens (including phenoxy) is 2. The van der Waals surface area contributed by atoms with Gasteiger partial charge in [-0.25, -0.2) is 0 Å². The van der Waals surface area contributed by atoms with Gasteiger partial charge in [0, 0.05) is 0 Å². The van der Waals surface area contributed by atoms with Gasteiger partial charge in [0.05, 0.1) is 14.2 Å². The number of hydrogen-bond acceptors (Lipinski definition) is 3. The number of rotatable bonds is 5. The van der Waals surface area contributed by atoms with Gasteiger partial charge in [0.25, 0.3) is 0 Å². The molecule has 1 aliphatic rings. The molecular formula is C25H22O3. The van der Waals surface area contributed by atoms with E-state index in [1.807, 2.05) is 60.7 Å². The van der Waals surface area contributed by atoms with Crippen molar-refractivity contribution in [3.05, 3.63) is 101 Å². The Bertz CT molecular complexity index is 1030. The highest BCUT2D eigenvalue weighted by atomic mass is 16.5. The molecule has 0 amide bonds. The van der Waals surface area contributed by atoms with E-state index in [1.54, 1.807) is 14.2 Å². The molecular weight excluding hydrogens is 348 g/mol. The summed E-state index contributed by atoms with van der Waals surface area (Å²) in [6.45, 7) is 0. The molecule has 0 unspecified atom stereocenters. The van der Waals surface area contributed by atoms with Crippen LogP contribution >= 0.6 is 0 Å². The number of aliphatic hydroxyl groups is 1. The Kier molecular flexibility index (Phi) is 5.00. The van der Waals surface area contributed by atoms with Gasteiger partial charge < -0.3 is 14.6 Å². The van der Waals surface area contributed by atoms with Crippen LogP contribution in [0.1, 0.15) is 28.4 Å². The predicted molar refractivity (Wildman–Crippen MR) is 113 cm³/mol. The highest BCUT2D eigenvalue weighted by molar-refractivity contribution is 6.02. The summed E-state index contributed by atoms with van der Waals surface area (Å²) in [6.07, 6.45) is 3.50. The second kappa shape index (κ2) is 7.75. The third-order valence-corrected chi connectivity index (χ3v) is 5.02. The van der Waals surface area contributed by atoms with Gasteiger partial charge in [-0.3, -0.25) is 0 Å². The van der Waals surface area contributed by atoms with Crippen LogP contribution in [0.3, 0.4) is 0 Å². The minimum absolute atomic E-state index is 0.700. The van der Waals surface area contributed by atoms with Gasteiger partial charge in [-0.2, -0.15) is 0 Å². The van der Waals surface area contributed by atoms with Crippen molar-refractivity contribution in [3.8, 4) is 11.5 Å². The molecule has 0 radical (unpaired) electrons. The van der Waals surface area contributed by atoms with Gasteiger partial charge in [-0.05, 0) is 69.8 Å². The molecule has 3 aromatic carbocycles. The normalized spacial score (nSPS) is 15.1. The average Bonchev–Trinajstić information content (AvgIpc) is 3.12. The van der Waals surface area contributed by atoms with Gasteiger partial charge >= 0.3 is 0 Å². The maximum Gasteiger partial charge on any atom is 0.118 e. The summed E-state index contributed by atoms with van der Waals surface area (Å²) in [5, 5.41) is 11.0. The highest BCUT2D eigenvalue weighted by Gasteiger charge is 2.24. The number of benzene rings is 3. The van der Waals surface area contributed by atoms with Crippen LogP contribution in [0.4, 0.5) is 0 Å². The first-order chi connectivity index (χ1) is 13.7. The zero-order valence-electron chi connectivity index (χ0n) is 15.9. The van der Waals surface area contributed by atoms with Gasteiger partial charge in [0.15, 0.2) is 0 Å². The molecule has 0 spiro atoms. The Balaban J connectivity index is 1.72. The van der Waals surface area contributed by atoms with Crippen molar-refractivity contribution in [1.82, 2.24) is 0 Å². The van der Waals surface area contributed by atoms with Gasteiger partial charge in [-0.15, -0.1) is 0 Å². The molecule has 1 aliphatic carbocycles. The van der Waals surface area contributed by atoms with E-state index in [0.717, 1.165) is 44.9 Å². The second-order valence-electron chi connectivity index (χ2n) is 6.69. The van der Waals surface area contributed by atoms with Crippen molar-refractivity contribution < 1.29 is 14.6 Å². The first-order valence-electron chi connectivity index (χ1n) is 9.19. The van der Waals surface area contributed by atoms with Crippen LogP contribution in [0.15, 0.2) is 78.9 Å². The van der Waals surface area contributed by atoms with Crippen molar-refractivity contribution in [2.75, 3.05) is 14.2 Å². The van der Waals surface area contributed by atoms with E-state index < -0.39 is 6.10 Å². The van der Waals surface area contributed by atoms with Crippen molar-refractivity contribution in [2.24, 2.45) is 0 Å². The summed E-state index contributed by atoms with van der Waals surface area (Å²) < 4.78 is 10.5. The van der Waals surface area contributed by atoms with Crippen LogP contribution in [0, 0.1) is 0 Å². The minimum Gasteiger partial charge on any atom is -0.497 e. The smallest absolute Gasteiger partial charge is 0.118 e. The third kappa shape index (κ3) is 3.45. The number of allylic oxidation sites excluding steroid dienone is 2. The molecule has 3 aromatic rings. The van der Waals surface area contributed by atoms with E-state index in [4.69, 9.17) is 9.47 Å². The lowest BCUT2D eigenvalue weighted by atomic mass is 9.96. The Hall–Kier alpha value is -3.30. The molecule has 28 heavy (non-hydrogen) atoms. The van der Waals surface area contributed by atoms with Gasteiger partial charge in [0.2, 0.25) is 0 Å². The summed E-state index contributed by atoms with van der Waals surface area (Å²) >= 11 is 0. The van der Waals surface area contributed by atoms with Crippen LogP contribution in [-0.2, 0) is 0 Å². The van der Waals surface area contributed by atoms with Crippen LogP contribution in [0.5, 0.6) is 11.5 Å². The van der Waals surface area contributed by atoms with Gasteiger partial charge in [0.1, 0.15) is 17.6 Å². The molecule has 4 rings (SSSR count). The molecule has 0 bridgehead atoms. The molecule has 0 saturated carbocycles. The molecule has 1 N–H and O–H groups in total. The maximum absolute atomic E-state index is 11.0. The topological polar surface area (TPSA) is 38.7 Å². The van der Waals surface area contributed by atoms with E-state index in [2.05, 4.69) is 24.3 Å². The number of fused-ring (bicyclic) bond motifs is 1. The van der Waals surface area contributed by atoms with Crippen LogP contribution in [0.2, 0.25) is 0 Å². The van der Waals surface area contributed by atoms with Gasteiger partial charge in [-0.1, -0.05) is 48.5 Å². The lowest BCUT2D eigenvalue weighted by Crippen LogP contribution is -2.00.